The Balaban J connectivity index is 2.11. The van der Waals surface area contributed by atoms with E-state index in [9.17, 15) is 18.0 Å². The van der Waals surface area contributed by atoms with Gasteiger partial charge in [0.25, 0.3) is 5.91 Å². The zero-order valence-electron chi connectivity index (χ0n) is 13.4. The van der Waals surface area contributed by atoms with Crippen LogP contribution in [0.4, 0.5) is 13.2 Å². The molecule has 0 aliphatic heterocycles. The van der Waals surface area contributed by atoms with Crippen molar-refractivity contribution < 1.29 is 18.0 Å². The molecular weight excluding hydrogens is 353 g/mol. The van der Waals surface area contributed by atoms with Crippen LogP contribution in [0.25, 0.3) is 0 Å². The van der Waals surface area contributed by atoms with Crippen LogP contribution in [0.15, 0.2) is 42.6 Å². The Kier molecular flexibility index (Phi) is 5.39. The molecule has 0 saturated heterocycles. The number of hydrogen-bond donors (Lipinski definition) is 1. The predicted octanol–water partition coefficient (Wildman–Crippen LogP) is 4.21. The van der Waals surface area contributed by atoms with Crippen LogP contribution < -0.4 is 5.32 Å². The SMILES string of the molecule is CC(C)(NC(=O)c1ccc(C#Cc2cccc(Cl)c2)cn1)C(F)(F)F. The predicted molar refractivity (Wildman–Crippen MR) is 89.3 cm³/mol. The van der Waals surface area contributed by atoms with Gasteiger partial charge < -0.3 is 5.32 Å². The van der Waals surface area contributed by atoms with Gasteiger partial charge in [0, 0.05) is 22.3 Å². The van der Waals surface area contributed by atoms with E-state index in [4.69, 9.17) is 11.6 Å². The number of nitrogens with one attached hydrogen (secondary N) is 1. The van der Waals surface area contributed by atoms with E-state index < -0.39 is 17.6 Å². The van der Waals surface area contributed by atoms with Crippen LogP contribution in [0.3, 0.4) is 0 Å². The summed E-state index contributed by atoms with van der Waals surface area (Å²) >= 11 is 5.86. The minimum absolute atomic E-state index is 0.120. The van der Waals surface area contributed by atoms with Crippen molar-refractivity contribution in [3.63, 3.8) is 0 Å². The van der Waals surface area contributed by atoms with Gasteiger partial charge in [-0.2, -0.15) is 13.2 Å². The first-order valence-electron chi connectivity index (χ1n) is 7.21. The highest BCUT2D eigenvalue weighted by atomic mass is 35.5. The Hall–Kier alpha value is -2.52. The van der Waals surface area contributed by atoms with Crippen LogP contribution >= 0.6 is 11.6 Å². The molecule has 0 saturated carbocycles. The summed E-state index contributed by atoms with van der Waals surface area (Å²) in [4.78, 5) is 15.8. The smallest absolute Gasteiger partial charge is 0.337 e. The monoisotopic (exact) mass is 366 g/mol. The van der Waals surface area contributed by atoms with Crippen LogP contribution in [-0.2, 0) is 0 Å². The fourth-order valence-electron chi connectivity index (χ4n) is 1.73. The molecule has 25 heavy (non-hydrogen) atoms. The van der Waals surface area contributed by atoms with Crippen LogP contribution in [0.1, 0.15) is 35.5 Å². The van der Waals surface area contributed by atoms with E-state index in [1.165, 1.54) is 18.3 Å². The number of rotatable bonds is 2. The summed E-state index contributed by atoms with van der Waals surface area (Å²) in [5.74, 6) is 4.82. The van der Waals surface area contributed by atoms with Gasteiger partial charge in [-0.3, -0.25) is 4.79 Å². The fraction of sp³-hybridized carbons (Fsp3) is 0.222. The lowest BCUT2D eigenvalue weighted by Gasteiger charge is -2.28. The highest BCUT2D eigenvalue weighted by Gasteiger charge is 2.48. The zero-order valence-corrected chi connectivity index (χ0v) is 14.2. The number of pyridine rings is 1. The summed E-state index contributed by atoms with van der Waals surface area (Å²) in [5, 5.41) is 2.48. The van der Waals surface area contributed by atoms with Crippen LogP contribution in [0.5, 0.6) is 0 Å². The van der Waals surface area contributed by atoms with Gasteiger partial charge >= 0.3 is 6.18 Å². The van der Waals surface area contributed by atoms with Gasteiger partial charge in [-0.15, -0.1) is 0 Å². The molecule has 1 heterocycles. The van der Waals surface area contributed by atoms with E-state index in [0.29, 0.717) is 16.1 Å². The summed E-state index contributed by atoms with van der Waals surface area (Å²) in [6, 6.07) is 9.81. The normalized spacial score (nSPS) is 11.4. The number of nitrogens with zero attached hydrogens (tertiary/aromatic N) is 1. The van der Waals surface area contributed by atoms with E-state index >= 15 is 0 Å². The summed E-state index contributed by atoms with van der Waals surface area (Å²) in [6.07, 6.45) is -3.24. The Morgan fingerprint density at radius 1 is 1.12 bits per heavy atom. The average Bonchev–Trinajstić information content (AvgIpc) is 2.52. The number of amides is 1. The van der Waals surface area contributed by atoms with Crippen molar-refractivity contribution in [2.75, 3.05) is 0 Å². The second-order valence-corrected chi connectivity index (χ2v) is 6.21. The largest absolute Gasteiger partial charge is 0.410 e. The minimum atomic E-state index is -4.56. The molecule has 2 aromatic rings. The first-order chi connectivity index (χ1) is 11.6. The molecule has 1 aromatic heterocycles. The average molecular weight is 367 g/mol. The molecule has 0 atom stereocenters. The third kappa shape index (κ3) is 4.97. The summed E-state index contributed by atoms with van der Waals surface area (Å²) < 4.78 is 38.4. The van der Waals surface area contributed by atoms with Crippen molar-refractivity contribution in [3.05, 3.63) is 64.4 Å². The highest BCUT2D eigenvalue weighted by molar-refractivity contribution is 6.30. The maximum absolute atomic E-state index is 12.8. The second kappa shape index (κ2) is 7.16. The molecule has 0 unspecified atom stereocenters. The molecule has 0 spiro atoms. The molecule has 0 aliphatic rings. The number of alkyl halides is 3. The molecule has 130 valence electrons. The maximum Gasteiger partial charge on any atom is 0.410 e. The van der Waals surface area contributed by atoms with Gasteiger partial charge in [0.2, 0.25) is 0 Å². The van der Waals surface area contributed by atoms with E-state index in [-0.39, 0.29) is 5.69 Å². The fourth-order valence-corrected chi connectivity index (χ4v) is 1.92. The van der Waals surface area contributed by atoms with Crippen molar-refractivity contribution in [3.8, 4) is 11.8 Å². The number of carbonyl (C=O) groups is 1. The lowest BCUT2D eigenvalue weighted by atomic mass is 10.0. The van der Waals surface area contributed by atoms with Crippen molar-refractivity contribution >= 4 is 17.5 Å². The molecule has 2 rings (SSSR count). The number of hydrogen-bond acceptors (Lipinski definition) is 2. The highest BCUT2D eigenvalue weighted by Crippen LogP contribution is 2.29. The van der Waals surface area contributed by atoms with Gasteiger partial charge in [0.15, 0.2) is 0 Å². The molecule has 0 bridgehead atoms. The topological polar surface area (TPSA) is 42.0 Å². The lowest BCUT2D eigenvalue weighted by Crippen LogP contribution is -2.54. The first-order valence-corrected chi connectivity index (χ1v) is 7.59. The van der Waals surface area contributed by atoms with E-state index in [1.807, 2.05) is 5.32 Å². The molecule has 0 radical (unpaired) electrons. The molecular formula is C18H14ClF3N2O. The Bertz CT molecular complexity index is 834. The molecule has 0 aliphatic carbocycles. The third-order valence-corrected chi connectivity index (χ3v) is 3.54. The number of halogens is 4. The quantitative estimate of drug-likeness (QED) is 0.809. The third-order valence-electron chi connectivity index (χ3n) is 3.31. The molecule has 3 nitrogen and oxygen atoms in total. The van der Waals surface area contributed by atoms with Crippen molar-refractivity contribution in [2.24, 2.45) is 0 Å². The molecule has 0 fully saturated rings. The van der Waals surface area contributed by atoms with E-state index in [0.717, 1.165) is 13.8 Å². The van der Waals surface area contributed by atoms with Crippen molar-refractivity contribution in [1.29, 1.82) is 0 Å². The van der Waals surface area contributed by atoms with Gasteiger partial charge in [-0.05, 0) is 44.2 Å². The van der Waals surface area contributed by atoms with E-state index in [1.54, 1.807) is 24.3 Å². The standard InChI is InChI=1S/C18H14ClF3N2O/c1-17(2,18(20,21)22)24-16(25)15-9-8-13(11-23-15)7-6-12-4-3-5-14(19)10-12/h3-5,8-11H,1-2H3,(H,24,25). The van der Waals surface area contributed by atoms with Crippen LogP contribution in [0, 0.1) is 11.8 Å². The van der Waals surface area contributed by atoms with Gasteiger partial charge in [0.05, 0.1) is 0 Å². The van der Waals surface area contributed by atoms with Gasteiger partial charge in [-0.1, -0.05) is 29.5 Å². The van der Waals surface area contributed by atoms with Crippen LogP contribution in [0.2, 0.25) is 5.02 Å². The van der Waals surface area contributed by atoms with Crippen molar-refractivity contribution in [2.45, 2.75) is 25.6 Å². The van der Waals surface area contributed by atoms with Crippen molar-refractivity contribution in [1.82, 2.24) is 10.3 Å². The Morgan fingerprint density at radius 2 is 1.80 bits per heavy atom. The zero-order chi connectivity index (χ0) is 18.7. The first kappa shape index (κ1) is 18.8. The van der Waals surface area contributed by atoms with E-state index in [2.05, 4.69) is 16.8 Å². The number of aromatic nitrogens is 1. The molecule has 1 aromatic carbocycles. The molecule has 7 heteroatoms. The Morgan fingerprint density at radius 3 is 2.36 bits per heavy atom. The lowest BCUT2D eigenvalue weighted by molar-refractivity contribution is -0.182. The maximum atomic E-state index is 12.8. The summed E-state index contributed by atoms with van der Waals surface area (Å²) in [7, 11) is 0. The Labute approximate surface area is 148 Å². The molecule has 1 amide bonds. The second-order valence-electron chi connectivity index (χ2n) is 5.77. The van der Waals surface area contributed by atoms with Crippen LogP contribution in [-0.4, -0.2) is 22.6 Å². The minimum Gasteiger partial charge on any atom is -0.337 e. The van der Waals surface area contributed by atoms with Gasteiger partial charge in [0.1, 0.15) is 11.2 Å². The summed E-state index contributed by atoms with van der Waals surface area (Å²) in [5.41, 5.74) is -1.24. The molecule has 1 N–H and O–H groups in total. The number of benzene rings is 1. The van der Waals surface area contributed by atoms with Gasteiger partial charge in [-0.25, -0.2) is 4.98 Å². The number of carbonyl (C=O) groups excluding carboxylic acids is 1. The summed E-state index contributed by atoms with van der Waals surface area (Å²) in [6.45, 7) is 1.77.